The number of nitrogens with zero attached hydrogens (tertiary/aromatic N) is 2. The Morgan fingerprint density at radius 2 is 2.20 bits per heavy atom. The molecule has 3 nitrogen and oxygen atoms in total. The summed E-state index contributed by atoms with van der Waals surface area (Å²) in [6.07, 6.45) is 0.380. The van der Waals surface area contributed by atoms with Crippen LogP contribution in [0.1, 0.15) is 18.9 Å². The fourth-order valence-corrected chi connectivity index (χ4v) is 1.42. The molecule has 15 heavy (non-hydrogen) atoms. The largest absolute Gasteiger partial charge is 0.364 e. The van der Waals surface area contributed by atoms with Crippen LogP contribution in [0.5, 0.6) is 0 Å². The molecule has 0 saturated heterocycles. The topological polar surface area (TPSA) is 37.8 Å². The second kappa shape index (κ2) is 5.80. The zero-order valence-corrected chi connectivity index (χ0v) is 9.06. The van der Waals surface area contributed by atoms with E-state index in [-0.39, 0.29) is 0 Å². The molecule has 1 aromatic rings. The predicted octanol–water partition coefficient (Wildman–Crippen LogP) is 2.76. The van der Waals surface area contributed by atoms with Gasteiger partial charge in [-0.1, -0.05) is 24.9 Å². The molecular weight excluding hydrogens is 224 g/mol. The van der Waals surface area contributed by atoms with Crippen LogP contribution in [0, 0.1) is 0 Å². The standard InChI is InChI=1S/C9H12ClF2N3/c1-2-3-6-8(10)14-5-15-9(6)13-4-7(11)12/h5,7H,2-4H2,1H3,(H,13,14,15). The van der Waals surface area contributed by atoms with Gasteiger partial charge in [-0.25, -0.2) is 18.7 Å². The molecule has 0 aliphatic carbocycles. The van der Waals surface area contributed by atoms with Crippen LogP contribution in [-0.2, 0) is 6.42 Å². The molecule has 1 aromatic heterocycles. The molecule has 1 rings (SSSR count). The van der Waals surface area contributed by atoms with Crippen molar-refractivity contribution in [3.05, 3.63) is 17.0 Å². The van der Waals surface area contributed by atoms with Crippen LogP contribution in [0.2, 0.25) is 5.15 Å². The van der Waals surface area contributed by atoms with Gasteiger partial charge < -0.3 is 5.32 Å². The first-order valence-corrected chi connectivity index (χ1v) is 5.04. The molecule has 1 N–H and O–H groups in total. The van der Waals surface area contributed by atoms with E-state index in [1.54, 1.807) is 0 Å². The molecule has 0 saturated carbocycles. The number of alkyl halides is 2. The summed E-state index contributed by atoms with van der Waals surface area (Å²) in [5.41, 5.74) is 0.697. The van der Waals surface area contributed by atoms with Crippen molar-refractivity contribution in [2.24, 2.45) is 0 Å². The fourth-order valence-electron chi connectivity index (χ4n) is 1.19. The summed E-state index contributed by atoms with van der Waals surface area (Å²) in [4.78, 5) is 7.70. The van der Waals surface area contributed by atoms with Gasteiger partial charge in [-0.15, -0.1) is 0 Å². The first-order chi connectivity index (χ1) is 7.15. The predicted molar refractivity (Wildman–Crippen MR) is 55.5 cm³/mol. The molecule has 0 aliphatic rings. The summed E-state index contributed by atoms with van der Waals surface area (Å²) < 4.78 is 24.0. The number of aromatic nitrogens is 2. The van der Waals surface area contributed by atoms with Crippen molar-refractivity contribution in [1.82, 2.24) is 9.97 Å². The molecule has 0 amide bonds. The van der Waals surface area contributed by atoms with E-state index in [9.17, 15) is 8.78 Å². The van der Waals surface area contributed by atoms with Gasteiger partial charge >= 0.3 is 0 Å². The lowest BCUT2D eigenvalue weighted by atomic mass is 10.2. The minimum absolute atomic E-state index is 0.323. The Hall–Kier alpha value is -0.970. The van der Waals surface area contributed by atoms with Crippen LogP contribution in [-0.4, -0.2) is 22.9 Å². The number of anilines is 1. The zero-order valence-electron chi connectivity index (χ0n) is 8.30. The van der Waals surface area contributed by atoms with Gasteiger partial charge in [-0.3, -0.25) is 0 Å². The third kappa shape index (κ3) is 3.58. The van der Waals surface area contributed by atoms with E-state index in [0.717, 1.165) is 6.42 Å². The maximum absolute atomic E-state index is 12.0. The van der Waals surface area contributed by atoms with E-state index in [2.05, 4.69) is 15.3 Å². The Morgan fingerprint density at radius 3 is 2.80 bits per heavy atom. The summed E-state index contributed by atoms with van der Waals surface area (Å²) in [6, 6.07) is 0. The van der Waals surface area contributed by atoms with Gasteiger partial charge in [0, 0.05) is 5.56 Å². The lowest BCUT2D eigenvalue weighted by Crippen LogP contribution is -2.13. The Kier molecular flexibility index (Phi) is 4.68. The van der Waals surface area contributed by atoms with Crippen molar-refractivity contribution < 1.29 is 8.78 Å². The van der Waals surface area contributed by atoms with Crippen LogP contribution in [0.4, 0.5) is 14.6 Å². The summed E-state index contributed by atoms with van der Waals surface area (Å²) >= 11 is 5.84. The molecule has 0 aliphatic heterocycles. The molecule has 0 unspecified atom stereocenters. The highest BCUT2D eigenvalue weighted by Gasteiger charge is 2.10. The van der Waals surface area contributed by atoms with E-state index < -0.39 is 13.0 Å². The molecule has 0 radical (unpaired) electrons. The van der Waals surface area contributed by atoms with E-state index in [4.69, 9.17) is 11.6 Å². The summed E-state index contributed by atoms with van der Waals surface area (Å²) in [7, 11) is 0. The van der Waals surface area contributed by atoms with Gasteiger partial charge in [-0.05, 0) is 6.42 Å². The Balaban J connectivity index is 2.80. The van der Waals surface area contributed by atoms with Crippen molar-refractivity contribution in [1.29, 1.82) is 0 Å². The third-order valence-corrected chi connectivity index (χ3v) is 2.14. The van der Waals surface area contributed by atoms with E-state index in [1.807, 2.05) is 6.92 Å². The van der Waals surface area contributed by atoms with Crippen LogP contribution in [0.25, 0.3) is 0 Å². The van der Waals surface area contributed by atoms with Crippen molar-refractivity contribution in [2.75, 3.05) is 11.9 Å². The van der Waals surface area contributed by atoms with Crippen LogP contribution >= 0.6 is 11.6 Å². The van der Waals surface area contributed by atoms with Crippen LogP contribution in [0.15, 0.2) is 6.33 Å². The highest BCUT2D eigenvalue weighted by molar-refractivity contribution is 6.30. The molecule has 0 atom stereocenters. The summed E-state index contributed by atoms with van der Waals surface area (Å²) in [5.74, 6) is 0.400. The molecule has 0 fully saturated rings. The third-order valence-electron chi connectivity index (χ3n) is 1.82. The molecule has 0 aromatic carbocycles. The SMILES string of the molecule is CCCc1c(Cl)ncnc1NCC(F)F. The van der Waals surface area contributed by atoms with Crippen molar-refractivity contribution >= 4 is 17.4 Å². The normalized spacial score (nSPS) is 10.7. The Labute approximate surface area is 91.9 Å². The quantitative estimate of drug-likeness (QED) is 0.798. The van der Waals surface area contributed by atoms with Gasteiger partial charge in [0.1, 0.15) is 17.3 Å². The van der Waals surface area contributed by atoms with E-state index in [1.165, 1.54) is 6.33 Å². The maximum atomic E-state index is 12.0. The Morgan fingerprint density at radius 1 is 1.47 bits per heavy atom. The number of nitrogens with one attached hydrogen (secondary N) is 1. The van der Waals surface area contributed by atoms with Crippen LogP contribution in [0.3, 0.4) is 0 Å². The van der Waals surface area contributed by atoms with E-state index >= 15 is 0 Å². The van der Waals surface area contributed by atoms with Crippen molar-refractivity contribution in [3.8, 4) is 0 Å². The van der Waals surface area contributed by atoms with Crippen molar-refractivity contribution in [2.45, 2.75) is 26.2 Å². The maximum Gasteiger partial charge on any atom is 0.255 e. The lowest BCUT2D eigenvalue weighted by molar-refractivity contribution is 0.163. The van der Waals surface area contributed by atoms with Gasteiger partial charge in [0.2, 0.25) is 0 Å². The molecule has 0 bridgehead atoms. The number of rotatable bonds is 5. The van der Waals surface area contributed by atoms with Gasteiger partial charge in [0.05, 0.1) is 6.54 Å². The number of hydrogen-bond donors (Lipinski definition) is 1. The minimum atomic E-state index is -2.41. The first-order valence-electron chi connectivity index (χ1n) is 4.66. The van der Waals surface area contributed by atoms with Gasteiger partial charge in [0.25, 0.3) is 6.43 Å². The molecular formula is C9H12ClF2N3. The highest BCUT2D eigenvalue weighted by Crippen LogP contribution is 2.21. The molecule has 84 valence electrons. The Bertz CT molecular complexity index is 320. The second-order valence-corrected chi connectivity index (χ2v) is 3.37. The summed E-state index contributed by atoms with van der Waals surface area (Å²) in [5, 5.41) is 2.88. The zero-order chi connectivity index (χ0) is 11.3. The minimum Gasteiger partial charge on any atom is -0.364 e. The molecule has 0 spiro atoms. The average molecular weight is 236 g/mol. The summed E-state index contributed by atoms with van der Waals surface area (Å²) in [6.45, 7) is 1.55. The highest BCUT2D eigenvalue weighted by atomic mass is 35.5. The average Bonchev–Trinajstić information content (AvgIpc) is 2.19. The van der Waals surface area contributed by atoms with Gasteiger partial charge in [0.15, 0.2) is 0 Å². The fraction of sp³-hybridized carbons (Fsp3) is 0.556. The van der Waals surface area contributed by atoms with Crippen LogP contribution < -0.4 is 5.32 Å². The smallest absolute Gasteiger partial charge is 0.255 e. The first kappa shape index (κ1) is 12.1. The molecule has 6 heteroatoms. The van der Waals surface area contributed by atoms with Crippen molar-refractivity contribution in [3.63, 3.8) is 0 Å². The number of hydrogen-bond acceptors (Lipinski definition) is 3. The monoisotopic (exact) mass is 235 g/mol. The van der Waals surface area contributed by atoms with Gasteiger partial charge in [-0.2, -0.15) is 0 Å². The van der Waals surface area contributed by atoms with E-state index in [0.29, 0.717) is 23.0 Å². The molecule has 1 heterocycles. The second-order valence-electron chi connectivity index (χ2n) is 3.01. The lowest BCUT2D eigenvalue weighted by Gasteiger charge is -2.10. The number of halogens is 3.